The van der Waals surface area contributed by atoms with Gasteiger partial charge in [-0.25, -0.2) is 14.6 Å². The van der Waals surface area contributed by atoms with E-state index in [0.717, 1.165) is 24.9 Å². The number of imide groups is 1. The zero-order valence-electron chi connectivity index (χ0n) is 23.0. The van der Waals surface area contributed by atoms with E-state index >= 15 is 0 Å². The number of rotatable bonds is 7. The van der Waals surface area contributed by atoms with E-state index in [0.29, 0.717) is 33.4 Å². The summed E-state index contributed by atoms with van der Waals surface area (Å²) < 4.78 is 22.7. The number of carbonyl (C=O) groups excluding carboxylic acids is 1. The number of methoxy groups -OCH3 is 1. The Kier molecular flexibility index (Phi) is 7.62. The number of anilines is 2. The van der Waals surface area contributed by atoms with E-state index in [1.807, 2.05) is 20.8 Å². The normalized spacial score (nSPS) is 15.0. The number of nitrogens with zero attached hydrogens (tertiary/aromatic N) is 4. The van der Waals surface area contributed by atoms with Gasteiger partial charge in [0.15, 0.2) is 17.3 Å². The SMILES string of the molecule is COc1cc2cnc(Oc3cccc(NC(=O)N(C(=O)O)c4cc(C(C)(C)C)on4)c3)nc2cc1O[C@@H]1CCNC1. The van der Waals surface area contributed by atoms with E-state index in [9.17, 15) is 14.7 Å². The predicted octanol–water partition coefficient (Wildman–Crippen LogP) is 5.17. The Labute approximate surface area is 235 Å². The summed E-state index contributed by atoms with van der Waals surface area (Å²) in [4.78, 5) is 34.0. The molecule has 2 aromatic carbocycles. The van der Waals surface area contributed by atoms with Gasteiger partial charge in [-0.3, -0.25) is 0 Å². The number of hydrogen-bond acceptors (Lipinski definition) is 10. The largest absolute Gasteiger partial charge is 0.493 e. The van der Waals surface area contributed by atoms with Crippen LogP contribution in [-0.4, -0.2) is 58.7 Å². The van der Waals surface area contributed by atoms with Crippen molar-refractivity contribution in [1.82, 2.24) is 20.4 Å². The Morgan fingerprint density at radius 3 is 2.68 bits per heavy atom. The maximum Gasteiger partial charge on any atom is 0.421 e. The number of urea groups is 1. The van der Waals surface area contributed by atoms with Crippen molar-refractivity contribution in [3.8, 4) is 23.3 Å². The number of amides is 3. The maximum absolute atomic E-state index is 12.9. The number of carbonyl (C=O) groups is 2. The van der Waals surface area contributed by atoms with Crippen LogP contribution in [0.4, 0.5) is 21.1 Å². The lowest BCUT2D eigenvalue weighted by atomic mass is 9.93. The average Bonchev–Trinajstić information content (AvgIpc) is 3.61. The zero-order valence-corrected chi connectivity index (χ0v) is 23.0. The van der Waals surface area contributed by atoms with Gasteiger partial charge in [0.2, 0.25) is 0 Å². The lowest BCUT2D eigenvalue weighted by molar-refractivity contribution is 0.200. The molecule has 2 aromatic heterocycles. The number of nitrogens with one attached hydrogen (secondary N) is 2. The van der Waals surface area contributed by atoms with Crippen molar-refractivity contribution in [3.63, 3.8) is 0 Å². The van der Waals surface area contributed by atoms with Crippen LogP contribution >= 0.6 is 0 Å². The number of aromatic nitrogens is 3. The van der Waals surface area contributed by atoms with Gasteiger partial charge in [0.1, 0.15) is 17.6 Å². The summed E-state index contributed by atoms with van der Waals surface area (Å²) in [6, 6.07) is 10.5. The maximum atomic E-state index is 12.9. The van der Waals surface area contributed by atoms with E-state index in [-0.39, 0.29) is 23.6 Å². The van der Waals surface area contributed by atoms with E-state index in [1.54, 1.807) is 43.6 Å². The second-order valence-electron chi connectivity index (χ2n) is 10.4. The first kappa shape index (κ1) is 27.6. The fourth-order valence-electron chi connectivity index (χ4n) is 4.17. The minimum atomic E-state index is -1.52. The molecule has 0 aliphatic carbocycles. The molecule has 13 heteroatoms. The predicted molar refractivity (Wildman–Crippen MR) is 149 cm³/mol. The van der Waals surface area contributed by atoms with Gasteiger partial charge >= 0.3 is 18.1 Å². The number of carboxylic acid groups (broad SMARTS) is 1. The van der Waals surface area contributed by atoms with Crippen molar-refractivity contribution in [1.29, 1.82) is 0 Å². The summed E-state index contributed by atoms with van der Waals surface area (Å²) in [5.74, 6) is 1.77. The molecule has 0 bridgehead atoms. The summed E-state index contributed by atoms with van der Waals surface area (Å²) in [7, 11) is 1.58. The molecule has 3 N–H and O–H groups in total. The van der Waals surface area contributed by atoms with Gasteiger partial charge < -0.3 is 34.5 Å². The monoisotopic (exact) mass is 562 g/mol. The van der Waals surface area contributed by atoms with Crippen LogP contribution < -0.4 is 29.7 Å². The molecule has 41 heavy (non-hydrogen) atoms. The highest BCUT2D eigenvalue weighted by Crippen LogP contribution is 2.34. The van der Waals surface area contributed by atoms with Crippen molar-refractivity contribution < 1.29 is 33.4 Å². The molecule has 0 radical (unpaired) electrons. The Balaban J connectivity index is 1.33. The molecule has 1 aliphatic rings. The highest BCUT2D eigenvalue weighted by atomic mass is 16.5. The average molecular weight is 563 g/mol. The van der Waals surface area contributed by atoms with Crippen molar-refractivity contribution in [3.05, 3.63) is 54.4 Å². The molecule has 3 heterocycles. The van der Waals surface area contributed by atoms with Crippen molar-refractivity contribution in [2.24, 2.45) is 0 Å². The summed E-state index contributed by atoms with van der Waals surface area (Å²) >= 11 is 0. The van der Waals surface area contributed by atoms with E-state index < -0.39 is 17.5 Å². The van der Waals surface area contributed by atoms with Crippen LogP contribution in [0.3, 0.4) is 0 Å². The zero-order chi connectivity index (χ0) is 29.1. The summed E-state index contributed by atoms with van der Waals surface area (Å²) in [5.41, 5.74) is 0.460. The minimum absolute atomic E-state index is 0.0405. The molecule has 5 rings (SSSR count). The third-order valence-corrected chi connectivity index (χ3v) is 6.31. The summed E-state index contributed by atoms with van der Waals surface area (Å²) in [5, 5.41) is 20.0. The second kappa shape index (κ2) is 11.3. The van der Waals surface area contributed by atoms with Gasteiger partial charge in [-0.2, -0.15) is 9.88 Å². The fourth-order valence-corrected chi connectivity index (χ4v) is 4.17. The first-order chi connectivity index (χ1) is 19.6. The van der Waals surface area contributed by atoms with Gasteiger partial charge in [0.25, 0.3) is 0 Å². The fraction of sp³-hybridized carbons (Fsp3) is 0.321. The third-order valence-electron chi connectivity index (χ3n) is 6.31. The molecule has 1 aliphatic heterocycles. The molecule has 1 fully saturated rings. The van der Waals surface area contributed by atoms with Gasteiger partial charge in [0.05, 0.1) is 12.6 Å². The molecule has 13 nitrogen and oxygen atoms in total. The van der Waals surface area contributed by atoms with Crippen LogP contribution in [0.5, 0.6) is 23.3 Å². The number of fused-ring (bicyclic) bond motifs is 1. The van der Waals surface area contributed by atoms with Crippen molar-refractivity contribution >= 4 is 34.5 Å². The van der Waals surface area contributed by atoms with Gasteiger partial charge in [-0.1, -0.05) is 32.0 Å². The van der Waals surface area contributed by atoms with Crippen LogP contribution in [0.25, 0.3) is 10.9 Å². The third kappa shape index (κ3) is 6.30. The lowest BCUT2D eigenvalue weighted by Crippen LogP contribution is -2.39. The van der Waals surface area contributed by atoms with Crippen LogP contribution in [0.15, 0.2) is 53.2 Å². The molecule has 0 saturated carbocycles. The Hall–Kier alpha value is -4.91. The number of hydrogen-bond donors (Lipinski definition) is 3. The lowest BCUT2D eigenvalue weighted by Gasteiger charge is -2.16. The second-order valence-corrected chi connectivity index (χ2v) is 10.4. The van der Waals surface area contributed by atoms with E-state index in [2.05, 4.69) is 25.8 Å². The van der Waals surface area contributed by atoms with Crippen molar-refractivity contribution in [2.45, 2.75) is 38.7 Å². The van der Waals surface area contributed by atoms with Crippen LogP contribution in [-0.2, 0) is 5.41 Å². The van der Waals surface area contributed by atoms with Gasteiger partial charge in [0, 0.05) is 47.4 Å². The quantitative estimate of drug-likeness (QED) is 0.272. The minimum Gasteiger partial charge on any atom is -0.493 e. The first-order valence-electron chi connectivity index (χ1n) is 12.9. The van der Waals surface area contributed by atoms with Gasteiger partial charge in [-0.05, 0) is 31.2 Å². The molecule has 214 valence electrons. The Morgan fingerprint density at radius 2 is 2.00 bits per heavy atom. The van der Waals surface area contributed by atoms with Crippen LogP contribution in [0, 0.1) is 0 Å². The Bertz CT molecular complexity index is 1580. The molecule has 0 unspecified atom stereocenters. The molecule has 1 atom stereocenters. The molecule has 4 aromatic rings. The highest BCUT2D eigenvalue weighted by molar-refractivity contribution is 6.15. The first-order valence-corrected chi connectivity index (χ1v) is 12.9. The van der Waals surface area contributed by atoms with Crippen LogP contribution in [0.2, 0.25) is 0 Å². The molecule has 1 saturated heterocycles. The highest BCUT2D eigenvalue weighted by Gasteiger charge is 2.29. The Morgan fingerprint density at radius 1 is 1.17 bits per heavy atom. The van der Waals surface area contributed by atoms with Gasteiger partial charge in [-0.15, -0.1) is 0 Å². The van der Waals surface area contributed by atoms with Crippen LogP contribution in [0.1, 0.15) is 33.0 Å². The standard InChI is InChI=1S/C28H30N6O7/c1-28(2,3)23-13-24(33-41-23)34(27(36)37)26(35)31-17-6-5-7-18(11-17)40-25-30-14-16-10-21(38-4)22(12-20(16)32-25)39-19-8-9-29-15-19/h5-7,10-14,19,29H,8-9,15H2,1-4H3,(H,31,35)(H,36,37)/t19-/m1/s1. The smallest absolute Gasteiger partial charge is 0.421 e. The van der Waals surface area contributed by atoms with E-state index in [1.165, 1.54) is 12.1 Å². The molecule has 3 amide bonds. The molecule has 0 spiro atoms. The topological polar surface area (TPSA) is 161 Å². The number of ether oxygens (including phenoxy) is 3. The molecular weight excluding hydrogens is 532 g/mol. The summed E-state index contributed by atoms with van der Waals surface area (Å²) in [6.07, 6.45) is 1.03. The molecular formula is C28H30N6O7. The van der Waals surface area contributed by atoms with E-state index in [4.69, 9.17) is 18.7 Å². The number of benzene rings is 2. The van der Waals surface area contributed by atoms with Crippen molar-refractivity contribution in [2.75, 3.05) is 30.4 Å². The summed E-state index contributed by atoms with van der Waals surface area (Å²) in [6.45, 7) is 7.29.